The minimum absolute atomic E-state index is 0.0425. The average Bonchev–Trinajstić information content (AvgIpc) is 3.42. The summed E-state index contributed by atoms with van der Waals surface area (Å²) in [5, 5.41) is 23.8. The van der Waals surface area contributed by atoms with E-state index in [1.165, 1.54) is 18.3 Å². The van der Waals surface area contributed by atoms with Gasteiger partial charge in [0.15, 0.2) is 0 Å². The zero-order valence-electron chi connectivity index (χ0n) is 18.0. The van der Waals surface area contributed by atoms with Crippen LogP contribution < -0.4 is 10.8 Å². The molecule has 4 rings (SSSR count). The first-order valence-corrected chi connectivity index (χ1v) is 10.8. The first kappa shape index (κ1) is 22.3. The molecule has 1 saturated heterocycles. The normalized spacial score (nSPS) is 17.7. The minimum Gasteiger partial charge on any atom is -0.374 e. The predicted molar refractivity (Wildman–Crippen MR) is 118 cm³/mol. The molecule has 2 atom stereocenters. The molecule has 1 aliphatic heterocycles. The summed E-state index contributed by atoms with van der Waals surface area (Å²) in [6.45, 7) is 5.28. The Morgan fingerprint density at radius 1 is 1.34 bits per heavy atom. The first-order valence-electron chi connectivity index (χ1n) is 10.8. The molecular formula is C23H28FN5O3. The number of aliphatic hydroxyl groups is 1. The Labute approximate surface area is 185 Å². The van der Waals surface area contributed by atoms with Gasteiger partial charge >= 0.3 is 0 Å². The summed E-state index contributed by atoms with van der Waals surface area (Å²) in [6, 6.07) is 8.14. The van der Waals surface area contributed by atoms with Gasteiger partial charge in [0.05, 0.1) is 11.7 Å². The maximum Gasteiger partial charge on any atom is 0.293 e. The zero-order chi connectivity index (χ0) is 22.7. The second kappa shape index (κ2) is 9.74. The van der Waals surface area contributed by atoms with E-state index in [2.05, 4.69) is 22.1 Å². The summed E-state index contributed by atoms with van der Waals surface area (Å²) in [7, 11) is 0. The van der Waals surface area contributed by atoms with Crippen molar-refractivity contribution in [3.05, 3.63) is 65.4 Å². The second-order valence-corrected chi connectivity index (χ2v) is 8.10. The lowest BCUT2D eigenvalue weighted by molar-refractivity contribution is 0.0701. The van der Waals surface area contributed by atoms with Gasteiger partial charge in [0.2, 0.25) is 0 Å². The molecular weight excluding hydrogens is 413 g/mol. The van der Waals surface area contributed by atoms with Crippen LogP contribution in [0.15, 0.2) is 42.7 Å². The fraction of sp³-hybridized carbons (Fsp3) is 0.391. The molecule has 2 aromatic heterocycles. The lowest BCUT2D eigenvalue weighted by Gasteiger charge is -2.24. The SMILES string of the molecule is CCN1CCCC1CNC(O)c1cn(Cc2ccc(F)cc2)c2cnc(C(=O)NO)cc12. The number of amides is 1. The van der Waals surface area contributed by atoms with Crippen LogP contribution in [0.1, 0.15) is 47.6 Å². The molecule has 0 bridgehead atoms. The zero-order valence-corrected chi connectivity index (χ0v) is 18.0. The van der Waals surface area contributed by atoms with Gasteiger partial charge in [-0.25, -0.2) is 14.9 Å². The van der Waals surface area contributed by atoms with Gasteiger partial charge in [0, 0.05) is 36.3 Å². The molecule has 1 fully saturated rings. The number of hydrogen-bond acceptors (Lipinski definition) is 6. The van der Waals surface area contributed by atoms with Crippen LogP contribution in [0.25, 0.3) is 10.9 Å². The van der Waals surface area contributed by atoms with Crippen molar-refractivity contribution in [2.24, 2.45) is 0 Å². The number of likely N-dealkylation sites (N-methyl/N-ethyl adjacent to an activating group) is 1. The average molecular weight is 442 g/mol. The predicted octanol–water partition coefficient (Wildman–Crippen LogP) is 2.41. The number of fused-ring (bicyclic) bond motifs is 1. The van der Waals surface area contributed by atoms with Gasteiger partial charge in [-0.3, -0.25) is 20.2 Å². The van der Waals surface area contributed by atoms with E-state index in [0.717, 1.165) is 37.0 Å². The number of nitrogens with one attached hydrogen (secondary N) is 2. The number of pyridine rings is 1. The Bertz CT molecular complexity index is 1090. The number of benzene rings is 1. The van der Waals surface area contributed by atoms with Crippen LogP contribution in [0.5, 0.6) is 0 Å². The number of likely N-dealkylation sites (tertiary alicyclic amines) is 1. The lowest BCUT2D eigenvalue weighted by atomic mass is 10.1. The number of carbonyl (C=O) groups excluding carboxylic acids is 1. The van der Waals surface area contributed by atoms with Crippen LogP contribution in [0.4, 0.5) is 4.39 Å². The minimum atomic E-state index is -0.946. The van der Waals surface area contributed by atoms with Crippen molar-refractivity contribution >= 4 is 16.8 Å². The third-order valence-electron chi connectivity index (χ3n) is 6.15. The number of rotatable bonds is 8. The van der Waals surface area contributed by atoms with E-state index in [-0.39, 0.29) is 11.5 Å². The largest absolute Gasteiger partial charge is 0.374 e. The Morgan fingerprint density at radius 3 is 2.84 bits per heavy atom. The van der Waals surface area contributed by atoms with Gasteiger partial charge in [-0.05, 0) is 49.7 Å². The highest BCUT2D eigenvalue weighted by atomic mass is 19.1. The van der Waals surface area contributed by atoms with E-state index in [1.807, 2.05) is 10.8 Å². The summed E-state index contributed by atoms with van der Waals surface area (Å²) >= 11 is 0. The van der Waals surface area contributed by atoms with Gasteiger partial charge in [-0.2, -0.15) is 0 Å². The second-order valence-electron chi connectivity index (χ2n) is 8.10. The number of aromatic nitrogens is 2. The van der Waals surface area contributed by atoms with Gasteiger partial charge < -0.3 is 9.67 Å². The molecule has 3 aromatic rings. The van der Waals surface area contributed by atoms with Crippen molar-refractivity contribution in [2.45, 2.75) is 38.6 Å². The third kappa shape index (κ3) is 4.66. The number of hydroxylamine groups is 1. The number of carbonyl (C=O) groups is 1. The summed E-state index contributed by atoms with van der Waals surface area (Å²) < 4.78 is 15.2. The molecule has 1 aliphatic rings. The van der Waals surface area contributed by atoms with Crippen molar-refractivity contribution in [3.63, 3.8) is 0 Å². The fourth-order valence-corrected chi connectivity index (χ4v) is 4.43. The topological polar surface area (TPSA) is 103 Å². The quantitative estimate of drug-likeness (QED) is 0.243. The Kier molecular flexibility index (Phi) is 6.80. The van der Waals surface area contributed by atoms with Gasteiger partial charge in [0.25, 0.3) is 5.91 Å². The van der Waals surface area contributed by atoms with E-state index in [0.29, 0.717) is 30.1 Å². The molecule has 0 aliphatic carbocycles. The highest BCUT2D eigenvalue weighted by Gasteiger charge is 2.25. The molecule has 0 saturated carbocycles. The smallest absolute Gasteiger partial charge is 0.293 e. The number of aliphatic hydroxyl groups excluding tert-OH is 1. The van der Waals surface area contributed by atoms with Crippen LogP contribution in [0.3, 0.4) is 0 Å². The van der Waals surface area contributed by atoms with E-state index < -0.39 is 12.1 Å². The fourth-order valence-electron chi connectivity index (χ4n) is 4.43. The molecule has 1 aromatic carbocycles. The molecule has 32 heavy (non-hydrogen) atoms. The van der Waals surface area contributed by atoms with Crippen molar-refractivity contribution in [2.75, 3.05) is 19.6 Å². The summed E-state index contributed by atoms with van der Waals surface area (Å²) in [5.74, 6) is -1.03. The molecule has 2 unspecified atom stereocenters. The lowest BCUT2D eigenvalue weighted by Crippen LogP contribution is -2.39. The van der Waals surface area contributed by atoms with E-state index in [1.54, 1.807) is 23.7 Å². The molecule has 0 spiro atoms. The molecule has 0 radical (unpaired) electrons. The highest BCUT2D eigenvalue weighted by Crippen LogP contribution is 2.27. The van der Waals surface area contributed by atoms with Crippen LogP contribution >= 0.6 is 0 Å². The Morgan fingerprint density at radius 2 is 2.12 bits per heavy atom. The number of hydrogen-bond donors (Lipinski definition) is 4. The monoisotopic (exact) mass is 441 g/mol. The van der Waals surface area contributed by atoms with E-state index in [9.17, 15) is 14.3 Å². The van der Waals surface area contributed by atoms with Gasteiger partial charge in [-0.1, -0.05) is 19.1 Å². The maximum atomic E-state index is 13.3. The number of nitrogens with zero attached hydrogens (tertiary/aromatic N) is 3. The molecule has 3 heterocycles. The van der Waals surface area contributed by atoms with Crippen LogP contribution in [-0.2, 0) is 6.54 Å². The van der Waals surface area contributed by atoms with Crippen LogP contribution in [-0.4, -0.2) is 56.3 Å². The van der Waals surface area contributed by atoms with Gasteiger partial charge in [-0.15, -0.1) is 0 Å². The molecule has 9 heteroatoms. The molecule has 8 nitrogen and oxygen atoms in total. The van der Waals surface area contributed by atoms with Crippen molar-refractivity contribution < 1.29 is 19.5 Å². The number of halogens is 1. The molecule has 170 valence electrons. The van der Waals surface area contributed by atoms with Crippen LogP contribution in [0, 0.1) is 5.82 Å². The summed E-state index contributed by atoms with van der Waals surface area (Å²) in [4.78, 5) is 18.4. The first-order chi connectivity index (χ1) is 15.5. The highest BCUT2D eigenvalue weighted by molar-refractivity contribution is 5.96. The Hall–Kier alpha value is -2.85. The van der Waals surface area contributed by atoms with Gasteiger partial charge in [0.1, 0.15) is 17.7 Å². The Balaban J connectivity index is 1.64. The van der Waals surface area contributed by atoms with E-state index >= 15 is 0 Å². The third-order valence-corrected chi connectivity index (χ3v) is 6.15. The molecule has 1 amide bonds. The van der Waals surface area contributed by atoms with E-state index in [4.69, 9.17) is 5.21 Å². The standard InChI is InChI=1S/C23H28FN5O3/c1-2-28-9-3-4-17(28)11-26-22(30)19-14-29(13-15-5-7-16(24)8-6-15)21-12-25-20(10-18(19)21)23(31)27-32/h5-8,10,12,14,17,22,26,30,32H,2-4,9,11,13H2,1H3,(H,27,31). The van der Waals surface area contributed by atoms with Crippen molar-refractivity contribution in [1.29, 1.82) is 0 Å². The van der Waals surface area contributed by atoms with Crippen molar-refractivity contribution in [3.8, 4) is 0 Å². The summed E-state index contributed by atoms with van der Waals surface area (Å²) in [5.41, 5.74) is 3.85. The molecule has 4 N–H and O–H groups in total. The summed E-state index contributed by atoms with van der Waals surface area (Å²) in [6.07, 6.45) is 4.65. The van der Waals surface area contributed by atoms with Crippen molar-refractivity contribution in [1.82, 2.24) is 25.2 Å². The maximum absolute atomic E-state index is 13.3. The van der Waals surface area contributed by atoms with Crippen LogP contribution in [0.2, 0.25) is 0 Å².